The van der Waals surface area contributed by atoms with E-state index in [-0.39, 0.29) is 30.0 Å². The van der Waals surface area contributed by atoms with Gasteiger partial charge in [-0.3, -0.25) is 9.67 Å². The Labute approximate surface area is 179 Å². The maximum absolute atomic E-state index is 5.39. The zero-order valence-electron chi connectivity index (χ0n) is 17.4. The average Bonchev–Trinajstić information content (AvgIpc) is 2.85. The van der Waals surface area contributed by atoms with Gasteiger partial charge in [-0.15, -0.1) is 24.0 Å². The summed E-state index contributed by atoms with van der Waals surface area (Å²) in [6, 6.07) is 6.48. The Balaban J connectivity index is 0.00000364. The Kier molecular flexibility index (Phi) is 9.08. The number of rotatable bonds is 6. The van der Waals surface area contributed by atoms with Gasteiger partial charge in [0, 0.05) is 32.4 Å². The van der Waals surface area contributed by atoms with Gasteiger partial charge in [-0.25, -0.2) is 0 Å². The van der Waals surface area contributed by atoms with Crippen molar-refractivity contribution >= 4 is 29.9 Å². The zero-order valence-corrected chi connectivity index (χ0v) is 19.7. The summed E-state index contributed by atoms with van der Waals surface area (Å²) in [5, 5.41) is 11.3. The molecule has 0 aliphatic carbocycles. The van der Waals surface area contributed by atoms with Crippen molar-refractivity contribution in [1.82, 2.24) is 20.4 Å². The predicted molar refractivity (Wildman–Crippen MR) is 122 cm³/mol. The monoisotopic (exact) mass is 485 g/mol. The molecule has 1 heterocycles. The fraction of sp³-hybridized carbons (Fsp3) is 0.500. The van der Waals surface area contributed by atoms with Crippen molar-refractivity contribution in [2.24, 2.45) is 12.0 Å². The van der Waals surface area contributed by atoms with E-state index in [0.717, 1.165) is 35.0 Å². The average molecular weight is 485 g/mol. The van der Waals surface area contributed by atoms with E-state index in [4.69, 9.17) is 4.74 Å². The maximum Gasteiger partial charge on any atom is 0.191 e. The topological polar surface area (TPSA) is 63.5 Å². The van der Waals surface area contributed by atoms with Crippen LogP contribution in [0.25, 0.3) is 0 Å². The van der Waals surface area contributed by atoms with Crippen LogP contribution >= 0.6 is 24.0 Å². The highest BCUT2D eigenvalue weighted by Gasteiger charge is 2.14. The molecule has 1 aromatic carbocycles. The number of aromatic nitrogens is 2. The van der Waals surface area contributed by atoms with Crippen LogP contribution in [0.1, 0.15) is 35.0 Å². The number of ether oxygens (including phenoxy) is 1. The van der Waals surface area contributed by atoms with Crippen molar-refractivity contribution in [1.29, 1.82) is 0 Å². The molecule has 1 atom stereocenters. The lowest BCUT2D eigenvalue weighted by molar-refractivity contribution is 0.411. The number of halogens is 1. The fourth-order valence-electron chi connectivity index (χ4n) is 3.06. The van der Waals surface area contributed by atoms with Crippen LogP contribution in [0.5, 0.6) is 5.75 Å². The minimum atomic E-state index is 0. The molecule has 0 radical (unpaired) electrons. The Morgan fingerprint density at radius 1 is 1.30 bits per heavy atom. The molecule has 2 rings (SSSR count). The van der Waals surface area contributed by atoms with Gasteiger partial charge < -0.3 is 15.4 Å². The molecule has 1 aromatic heterocycles. The molecule has 0 bridgehead atoms. The largest absolute Gasteiger partial charge is 0.496 e. The van der Waals surface area contributed by atoms with E-state index >= 15 is 0 Å². The number of benzene rings is 1. The van der Waals surface area contributed by atoms with E-state index in [1.165, 1.54) is 11.3 Å². The summed E-state index contributed by atoms with van der Waals surface area (Å²) in [5.74, 6) is 1.69. The first-order valence-electron chi connectivity index (χ1n) is 8.95. The molecule has 150 valence electrons. The van der Waals surface area contributed by atoms with Crippen LogP contribution < -0.4 is 15.4 Å². The molecule has 0 saturated heterocycles. The predicted octanol–water partition coefficient (Wildman–Crippen LogP) is 3.27. The number of aliphatic imine (C=N–C) groups is 1. The number of guanidine groups is 1. The molecule has 7 heteroatoms. The van der Waals surface area contributed by atoms with Crippen molar-refractivity contribution < 1.29 is 4.74 Å². The Hall–Kier alpha value is -1.77. The maximum atomic E-state index is 5.39. The van der Waals surface area contributed by atoms with E-state index in [1.54, 1.807) is 14.2 Å². The summed E-state index contributed by atoms with van der Waals surface area (Å²) >= 11 is 0. The van der Waals surface area contributed by atoms with Crippen LogP contribution in [0, 0.1) is 20.8 Å². The van der Waals surface area contributed by atoms with Gasteiger partial charge in [0.15, 0.2) is 5.96 Å². The van der Waals surface area contributed by atoms with Gasteiger partial charge in [-0.2, -0.15) is 5.10 Å². The smallest absolute Gasteiger partial charge is 0.191 e. The molecule has 2 aromatic rings. The molecule has 0 spiro atoms. The second kappa shape index (κ2) is 10.5. The normalized spacial score (nSPS) is 12.3. The summed E-state index contributed by atoms with van der Waals surface area (Å²) in [6.45, 7) is 9.06. The van der Waals surface area contributed by atoms with Crippen molar-refractivity contribution in [3.8, 4) is 5.75 Å². The third-order valence-electron chi connectivity index (χ3n) is 4.71. The number of nitrogens with zero attached hydrogens (tertiary/aromatic N) is 3. The van der Waals surface area contributed by atoms with Crippen molar-refractivity contribution in [3.63, 3.8) is 0 Å². The third kappa shape index (κ3) is 6.12. The third-order valence-corrected chi connectivity index (χ3v) is 4.71. The second-order valence-corrected chi connectivity index (χ2v) is 6.75. The number of hydrogen-bond acceptors (Lipinski definition) is 3. The van der Waals surface area contributed by atoms with Crippen molar-refractivity contribution in [2.45, 2.75) is 46.7 Å². The van der Waals surface area contributed by atoms with Crippen LogP contribution in [0.3, 0.4) is 0 Å². The summed E-state index contributed by atoms with van der Waals surface area (Å²) in [5.41, 5.74) is 5.89. The lowest BCUT2D eigenvalue weighted by atomic mass is 10.1. The molecule has 0 amide bonds. The van der Waals surface area contributed by atoms with Gasteiger partial charge in [0.2, 0.25) is 0 Å². The summed E-state index contributed by atoms with van der Waals surface area (Å²) in [4.78, 5) is 4.34. The molecule has 1 unspecified atom stereocenters. The highest BCUT2D eigenvalue weighted by Crippen LogP contribution is 2.18. The summed E-state index contributed by atoms with van der Waals surface area (Å²) in [6.07, 6.45) is 0.907. The van der Waals surface area contributed by atoms with Crippen molar-refractivity contribution in [3.05, 3.63) is 46.3 Å². The van der Waals surface area contributed by atoms with Gasteiger partial charge in [0.1, 0.15) is 5.75 Å². The van der Waals surface area contributed by atoms with Crippen LogP contribution in [-0.2, 0) is 20.0 Å². The molecule has 0 fully saturated rings. The van der Waals surface area contributed by atoms with E-state index in [1.807, 2.05) is 18.7 Å². The van der Waals surface area contributed by atoms with Gasteiger partial charge in [-0.05, 0) is 56.9 Å². The molecular weight excluding hydrogens is 453 g/mol. The minimum absolute atomic E-state index is 0. The lowest BCUT2D eigenvalue weighted by Crippen LogP contribution is -2.42. The molecule has 6 nitrogen and oxygen atoms in total. The Morgan fingerprint density at radius 2 is 2.00 bits per heavy atom. The first-order valence-corrected chi connectivity index (χ1v) is 8.95. The SMILES string of the molecule is CN=C(NCc1ccc(C)c(OC)c1)NC(C)Cc1c(C)nn(C)c1C.I. The second-order valence-electron chi connectivity index (χ2n) is 6.75. The van der Waals surface area contributed by atoms with Crippen LogP contribution in [0.15, 0.2) is 23.2 Å². The first-order chi connectivity index (χ1) is 12.3. The highest BCUT2D eigenvalue weighted by molar-refractivity contribution is 14.0. The summed E-state index contributed by atoms with van der Waals surface area (Å²) in [7, 11) is 5.47. The fourth-order valence-corrected chi connectivity index (χ4v) is 3.06. The van der Waals surface area contributed by atoms with Gasteiger partial charge in [-0.1, -0.05) is 12.1 Å². The number of methoxy groups -OCH3 is 1. The standard InChI is InChI=1S/C20H31N5O.HI/c1-13-8-9-17(11-19(13)26-7)12-22-20(21-5)23-14(2)10-18-15(3)24-25(6)16(18)4;/h8-9,11,14H,10,12H2,1-7H3,(H2,21,22,23);1H. The van der Waals surface area contributed by atoms with Gasteiger partial charge in [0.25, 0.3) is 0 Å². The Bertz CT molecular complexity index is 785. The van der Waals surface area contributed by atoms with Gasteiger partial charge >= 0.3 is 0 Å². The Morgan fingerprint density at radius 3 is 2.56 bits per heavy atom. The van der Waals surface area contributed by atoms with E-state index in [0.29, 0.717) is 6.54 Å². The van der Waals surface area contributed by atoms with Crippen molar-refractivity contribution in [2.75, 3.05) is 14.2 Å². The highest BCUT2D eigenvalue weighted by atomic mass is 127. The number of hydrogen-bond donors (Lipinski definition) is 2. The molecule has 0 saturated carbocycles. The zero-order chi connectivity index (χ0) is 19.3. The van der Waals surface area contributed by atoms with Crippen LogP contribution in [-0.4, -0.2) is 35.9 Å². The van der Waals surface area contributed by atoms with Crippen LogP contribution in [0.4, 0.5) is 0 Å². The summed E-state index contributed by atoms with van der Waals surface area (Å²) < 4.78 is 7.33. The van der Waals surface area contributed by atoms with Gasteiger partial charge in [0.05, 0.1) is 12.8 Å². The molecule has 0 aliphatic rings. The molecule has 0 aliphatic heterocycles. The van der Waals surface area contributed by atoms with E-state index < -0.39 is 0 Å². The van der Waals surface area contributed by atoms with E-state index in [9.17, 15) is 0 Å². The minimum Gasteiger partial charge on any atom is -0.496 e. The first kappa shape index (κ1) is 23.3. The molecular formula is C20H32IN5O. The number of nitrogens with one attached hydrogen (secondary N) is 2. The molecule has 2 N–H and O–H groups in total. The van der Waals surface area contributed by atoms with Crippen LogP contribution in [0.2, 0.25) is 0 Å². The molecule has 27 heavy (non-hydrogen) atoms. The quantitative estimate of drug-likeness (QED) is 0.375. The lowest BCUT2D eigenvalue weighted by Gasteiger charge is -2.18. The number of aryl methyl sites for hydroxylation is 3. The van der Waals surface area contributed by atoms with E-state index in [2.05, 4.69) is 59.7 Å².